The van der Waals surface area contributed by atoms with Crippen LogP contribution in [0.3, 0.4) is 0 Å². The molecule has 302 valence electrons. The summed E-state index contributed by atoms with van der Waals surface area (Å²) in [6.45, 7) is 0. The number of furan rings is 2. The van der Waals surface area contributed by atoms with Crippen LogP contribution in [-0.2, 0) is 0 Å². The van der Waals surface area contributed by atoms with E-state index in [1.165, 1.54) is 21.5 Å². The quantitative estimate of drug-likeness (QED) is 0.173. The standard InChI is InChI=1S/C59H34N4O2/c1-2-15-36(16-3-1)45-33-47-54(34-50(45)63-48-24-10-8-20-41(48)46-31-38-18-6-7-19-39(38)32-49(46)63)65-53-27-13-23-44(56(47)53)59-61-57(40-29-28-35-14-4-5-17-37(35)30-40)60-58(62-59)43-22-12-26-52-55(43)42-21-9-11-25-51(42)64-52/h1-34H. The van der Waals surface area contributed by atoms with Gasteiger partial charge in [0.15, 0.2) is 17.5 Å². The number of nitrogens with zero attached hydrogens (tertiary/aromatic N) is 4. The lowest BCUT2D eigenvalue weighted by Crippen LogP contribution is -2.01. The molecule has 0 aliphatic carbocycles. The molecule has 0 fully saturated rings. The summed E-state index contributed by atoms with van der Waals surface area (Å²) in [6, 6.07) is 72.2. The van der Waals surface area contributed by atoms with Crippen molar-refractivity contribution in [2.45, 2.75) is 0 Å². The van der Waals surface area contributed by atoms with Crippen LogP contribution in [0.2, 0.25) is 0 Å². The molecule has 6 heteroatoms. The molecule has 0 aliphatic heterocycles. The summed E-state index contributed by atoms with van der Waals surface area (Å²) in [5.41, 5.74) is 11.2. The van der Waals surface area contributed by atoms with Gasteiger partial charge in [0.1, 0.15) is 22.3 Å². The van der Waals surface area contributed by atoms with Crippen LogP contribution >= 0.6 is 0 Å². The Morgan fingerprint density at radius 3 is 1.66 bits per heavy atom. The Morgan fingerprint density at radius 2 is 0.892 bits per heavy atom. The minimum Gasteiger partial charge on any atom is -0.456 e. The summed E-state index contributed by atoms with van der Waals surface area (Å²) in [6.07, 6.45) is 0. The fourth-order valence-corrected chi connectivity index (χ4v) is 10.0. The lowest BCUT2D eigenvalue weighted by atomic mass is 9.98. The summed E-state index contributed by atoms with van der Waals surface area (Å²) in [7, 11) is 0. The van der Waals surface area contributed by atoms with E-state index in [-0.39, 0.29) is 0 Å². The van der Waals surface area contributed by atoms with Crippen LogP contribution < -0.4 is 0 Å². The Bertz CT molecular complexity index is 4250. The maximum atomic E-state index is 6.92. The van der Waals surface area contributed by atoms with E-state index in [1.807, 2.05) is 42.5 Å². The molecule has 0 radical (unpaired) electrons. The highest BCUT2D eigenvalue weighted by Gasteiger charge is 2.23. The van der Waals surface area contributed by atoms with Gasteiger partial charge in [-0.2, -0.15) is 0 Å². The Labute approximate surface area is 371 Å². The number of hydrogen-bond donors (Lipinski definition) is 0. The van der Waals surface area contributed by atoms with Crippen LogP contribution in [0, 0.1) is 0 Å². The molecule has 0 unspecified atom stereocenters. The number of fused-ring (bicyclic) bond motifs is 11. The Hall–Kier alpha value is -8.87. The number of para-hydroxylation sites is 2. The van der Waals surface area contributed by atoms with Crippen molar-refractivity contribution in [3.05, 3.63) is 206 Å². The molecule has 0 saturated heterocycles. The van der Waals surface area contributed by atoms with Crippen LogP contribution in [0.4, 0.5) is 0 Å². The highest BCUT2D eigenvalue weighted by molar-refractivity contribution is 6.17. The Morgan fingerprint density at radius 1 is 0.308 bits per heavy atom. The van der Waals surface area contributed by atoms with E-state index in [2.05, 4.69) is 168 Å². The third-order valence-corrected chi connectivity index (χ3v) is 13.0. The second-order valence-electron chi connectivity index (χ2n) is 16.7. The molecule has 0 saturated carbocycles. The zero-order chi connectivity index (χ0) is 42.6. The maximum Gasteiger partial charge on any atom is 0.164 e. The average molecular weight is 831 g/mol. The molecule has 10 aromatic carbocycles. The average Bonchev–Trinajstić information content (AvgIpc) is 4.04. The first-order chi connectivity index (χ1) is 32.2. The normalized spacial score (nSPS) is 12.0. The van der Waals surface area contributed by atoms with E-state index in [4.69, 9.17) is 23.8 Å². The number of aromatic nitrogens is 4. The van der Waals surface area contributed by atoms with Gasteiger partial charge in [-0.05, 0) is 75.6 Å². The third kappa shape index (κ3) is 5.51. The molecular formula is C59H34N4O2. The van der Waals surface area contributed by atoms with Gasteiger partial charge in [0.05, 0.1) is 16.7 Å². The summed E-state index contributed by atoms with van der Waals surface area (Å²) in [4.78, 5) is 15.9. The fourth-order valence-electron chi connectivity index (χ4n) is 10.0. The van der Waals surface area contributed by atoms with Crippen molar-refractivity contribution in [3.8, 4) is 51.0 Å². The van der Waals surface area contributed by atoms with E-state index < -0.39 is 0 Å². The van der Waals surface area contributed by atoms with Gasteiger partial charge >= 0.3 is 0 Å². The molecule has 0 N–H and O–H groups in total. The Balaban J connectivity index is 1.05. The molecule has 0 atom stereocenters. The molecule has 0 aliphatic rings. The smallest absolute Gasteiger partial charge is 0.164 e. The lowest BCUT2D eigenvalue weighted by molar-refractivity contribution is 0.668. The second kappa shape index (κ2) is 13.8. The van der Waals surface area contributed by atoms with Crippen molar-refractivity contribution in [3.63, 3.8) is 0 Å². The van der Waals surface area contributed by atoms with Gasteiger partial charge in [0.2, 0.25) is 0 Å². The molecule has 0 amide bonds. The third-order valence-electron chi connectivity index (χ3n) is 13.0. The second-order valence-corrected chi connectivity index (χ2v) is 16.7. The SMILES string of the molecule is c1ccc(-c2cc3c(cc2-n2c4ccccc4c4cc5ccccc5cc42)oc2cccc(-c4nc(-c5ccc6ccccc6c5)nc(-c5cccc6oc7ccccc7c56)n4)c23)cc1. The van der Waals surface area contributed by atoms with Crippen LogP contribution in [-0.4, -0.2) is 19.5 Å². The molecule has 4 aromatic heterocycles. The number of hydrogen-bond acceptors (Lipinski definition) is 5. The van der Waals surface area contributed by atoms with E-state index in [9.17, 15) is 0 Å². The molecule has 65 heavy (non-hydrogen) atoms. The summed E-state index contributed by atoms with van der Waals surface area (Å²) in [5.74, 6) is 1.69. The van der Waals surface area contributed by atoms with Crippen LogP contribution in [0.15, 0.2) is 215 Å². The van der Waals surface area contributed by atoms with Gasteiger partial charge < -0.3 is 13.4 Å². The van der Waals surface area contributed by atoms with Crippen LogP contribution in [0.1, 0.15) is 0 Å². The summed E-state index contributed by atoms with van der Waals surface area (Å²) < 4.78 is 15.7. The summed E-state index contributed by atoms with van der Waals surface area (Å²) >= 11 is 0. The van der Waals surface area contributed by atoms with E-state index in [1.54, 1.807) is 0 Å². The Kier molecular flexibility index (Phi) is 7.59. The minimum atomic E-state index is 0.552. The number of benzene rings is 10. The van der Waals surface area contributed by atoms with Gasteiger partial charge in [-0.15, -0.1) is 0 Å². The van der Waals surface area contributed by atoms with Gasteiger partial charge in [-0.25, -0.2) is 15.0 Å². The summed E-state index contributed by atoms with van der Waals surface area (Å²) in [5, 5.41) is 11.0. The highest BCUT2D eigenvalue weighted by atomic mass is 16.3. The van der Waals surface area contributed by atoms with Crippen molar-refractivity contribution in [2.75, 3.05) is 0 Å². The van der Waals surface area contributed by atoms with Crippen LogP contribution in [0.5, 0.6) is 0 Å². The largest absolute Gasteiger partial charge is 0.456 e. The highest BCUT2D eigenvalue weighted by Crippen LogP contribution is 2.44. The minimum absolute atomic E-state index is 0.552. The van der Waals surface area contributed by atoms with E-state index in [0.29, 0.717) is 17.5 Å². The molecule has 14 aromatic rings. The van der Waals surface area contributed by atoms with Crippen LogP contribution in [0.25, 0.3) is 138 Å². The molecule has 4 heterocycles. The van der Waals surface area contributed by atoms with Gasteiger partial charge in [-0.1, -0.05) is 152 Å². The first kappa shape index (κ1) is 35.7. The van der Waals surface area contributed by atoms with Crippen molar-refractivity contribution in [1.29, 1.82) is 0 Å². The molecule has 0 bridgehead atoms. The van der Waals surface area contributed by atoms with Crippen molar-refractivity contribution in [2.24, 2.45) is 0 Å². The zero-order valence-electron chi connectivity index (χ0n) is 34.7. The first-order valence-corrected chi connectivity index (χ1v) is 21.8. The topological polar surface area (TPSA) is 69.9 Å². The molecule has 14 rings (SSSR count). The molecule has 6 nitrogen and oxygen atoms in total. The van der Waals surface area contributed by atoms with E-state index in [0.717, 1.165) is 99.2 Å². The predicted molar refractivity (Wildman–Crippen MR) is 265 cm³/mol. The fraction of sp³-hybridized carbons (Fsp3) is 0. The van der Waals surface area contributed by atoms with E-state index >= 15 is 0 Å². The zero-order valence-corrected chi connectivity index (χ0v) is 34.7. The van der Waals surface area contributed by atoms with Crippen molar-refractivity contribution < 1.29 is 8.83 Å². The van der Waals surface area contributed by atoms with Gasteiger partial charge in [0.25, 0.3) is 0 Å². The molecule has 0 spiro atoms. The predicted octanol–water partition coefficient (Wildman–Crippen LogP) is 15.7. The van der Waals surface area contributed by atoms with Gasteiger partial charge in [0, 0.05) is 60.6 Å². The molecular weight excluding hydrogens is 797 g/mol. The van der Waals surface area contributed by atoms with Gasteiger partial charge in [-0.3, -0.25) is 0 Å². The monoisotopic (exact) mass is 830 g/mol. The maximum absolute atomic E-state index is 6.92. The first-order valence-electron chi connectivity index (χ1n) is 21.8. The number of rotatable bonds is 5. The van der Waals surface area contributed by atoms with Crippen molar-refractivity contribution >= 4 is 87.2 Å². The lowest BCUT2D eigenvalue weighted by Gasteiger charge is -2.15. The van der Waals surface area contributed by atoms with Crippen molar-refractivity contribution in [1.82, 2.24) is 19.5 Å².